The van der Waals surface area contributed by atoms with Crippen LogP contribution >= 0.6 is 27.9 Å². The van der Waals surface area contributed by atoms with Crippen molar-refractivity contribution < 1.29 is 9.53 Å². The highest BCUT2D eigenvalue weighted by Crippen LogP contribution is 2.44. The summed E-state index contributed by atoms with van der Waals surface area (Å²) in [5, 5.41) is 0.979. The molecule has 1 atom stereocenters. The summed E-state index contributed by atoms with van der Waals surface area (Å²) in [5.74, 6) is 0.707. The predicted molar refractivity (Wildman–Crippen MR) is 103 cm³/mol. The minimum atomic E-state index is -0.149. The van der Waals surface area contributed by atoms with Gasteiger partial charge in [0.05, 0.1) is 18.2 Å². The molecular formula is C19H20BrNO2S. The number of benzene rings is 2. The van der Waals surface area contributed by atoms with Gasteiger partial charge in [-0.15, -0.1) is 0 Å². The van der Waals surface area contributed by atoms with Gasteiger partial charge in [-0.2, -0.15) is 0 Å². The number of para-hydroxylation sites is 2. The monoisotopic (exact) mass is 405 g/mol. The number of hydrogen-bond donors (Lipinski definition) is 0. The van der Waals surface area contributed by atoms with E-state index in [1.807, 2.05) is 49.4 Å². The Morgan fingerprint density at radius 1 is 1.12 bits per heavy atom. The number of carbonyl (C=O) groups is 1. The standard InChI is InChI=1S/C19H20BrNO2S/c1-14-15-8-2-5-11-18(15)24-21(19(14)22)16-9-3-4-10-17(16)23-13-7-6-12-20/h2-5,8-11,14H,6-7,12-13H2,1H3. The number of alkyl halides is 1. The zero-order chi connectivity index (χ0) is 16.9. The number of carbonyl (C=O) groups excluding carboxylic acids is 1. The molecule has 0 saturated heterocycles. The van der Waals surface area contributed by atoms with Gasteiger partial charge < -0.3 is 4.74 Å². The van der Waals surface area contributed by atoms with Gasteiger partial charge in [0, 0.05) is 10.2 Å². The summed E-state index contributed by atoms with van der Waals surface area (Å²) in [7, 11) is 0. The van der Waals surface area contributed by atoms with Crippen molar-refractivity contribution in [3.05, 3.63) is 54.1 Å². The molecule has 1 amide bonds. The van der Waals surface area contributed by atoms with Crippen LogP contribution in [0.5, 0.6) is 5.75 Å². The molecule has 24 heavy (non-hydrogen) atoms. The zero-order valence-electron chi connectivity index (χ0n) is 13.6. The molecule has 5 heteroatoms. The second kappa shape index (κ2) is 8.08. The van der Waals surface area contributed by atoms with E-state index in [-0.39, 0.29) is 11.8 Å². The lowest BCUT2D eigenvalue weighted by atomic mass is 10.00. The maximum atomic E-state index is 12.9. The second-order valence-electron chi connectivity index (χ2n) is 5.70. The largest absolute Gasteiger partial charge is 0.491 e. The number of nitrogens with zero attached hydrogens (tertiary/aromatic N) is 1. The van der Waals surface area contributed by atoms with Gasteiger partial charge in [0.25, 0.3) is 0 Å². The van der Waals surface area contributed by atoms with Gasteiger partial charge in [0.1, 0.15) is 5.75 Å². The summed E-state index contributed by atoms with van der Waals surface area (Å²) in [6.45, 7) is 2.62. The van der Waals surface area contributed by atoms with Crippen LogP contribution in [0.25, 0.3) is 0 Å². The van der Waals surface area contributed by atoms with Gasteiger partial charge in [0.2, 0.25) is 5.91 Å². The average molecular weight is 406 g/mol. The summed E-state index contributed by atoms with van der Waals surface area (Å²) in [6.07, 6.45) is 2.06. The first-order valence-electron chi connectivity index (χ1n) is 8.11. The summed E-state index contributed by atoms with van der Waals surface area (Å²) < 4.78 is 7.71. The fourth-order valence-corrected chi connectivity index (χ4v) is 4.25. The Labute approximate surface area is 155 Å². The van der Waals surface area contributed by atoms with Crippen LogP contribution in [0.2, 0.25) is 0 Å². The molecule has 0 fully saturated rings. The van der Waals surface area contributed by atoms with Crippen molar-refractivity contribution in [3.63, 3.8) is 0 Å². The van der Waals surface area contributed by atoms with Crippen LogP contribution in [0.1, 0.15) is 31.2 Å². The molecule has 3 rings (SSSR count). The molecule has 1 heterocycles. The molecule has 1 aliphatic rings. The zero-order valence-corrected chi connectivity index (χ0v) is 16.0. The van der Waals surface area contributed by atoms with Gasteiger partial charge in [-0.05, 0) is 55.5 Å². The lowest BCUT2D eigenvalue weighted by Gasteiger charge is -2.32. The van der Waals surface area contributed by atoms with Crippen molar-refractivity contribution in [2.24, 2.45) is 0 Å². The molecule has 0 radical (unpaired) electrons. The van der Waals surface area contributed by atoms with Crippen molar-refractivity contribution in [2.75, 3.05) is 16.2 Å². The van der Waals surface area contributed by atoms with Crippen molar-refractivity contribution in [3.8, 4) is 5.75 Å². The summed E-state index contributed by atoms with van der Waals surface area (Å²) >= 11 is 4.91. The van der Waals surface area contributed by atoms with Crippen LogP contribution < -0.4 is 9.04 Å². The van der Waals surface area contributed by atoms with Crippen molar-refractivity contribution in [1.29, 1.82) is 0 Å². The quantitative estimate of drug-likeness (QED) is 0.366. The molecular weight excluding hydrogens is 386 g/mol. The molecule has 2 aromatic rings. The van der Waals surface area contributed by atoms with E-state index in [2.05, 4.69) is 22.0 Å². The third-order valence-electron chi connectivity index (χ3n) is 4.02. The number of ether oxygens (including phenoxy) is 1. The minimum Gasteiger partial charge on any atom is -0.491 e. The van der Waals surface area contributed by atoms with Crippen molar-refractivity contribution in [1.82, 2.24) is 0 Å². The van der Waals surface area contributed by atoms with Crippen molar-refractivity contribution >= 4 is 39.5 Å². The van der Waals surface area contributed by atoms with E-state index in [4.69, 9.17) is 4.74 Å². The van der Waals surface area contributed by atoms with Crippen molar-refractivity contribution in [2.45, 2.75) is 30.6 Å². The topological polar surface area (TPSA) is 29.5 Å². The smallest absolute Gasteiger partial charge is 0.244 e. The highest BCUT2D eigenvalue weighted by atomic mass is 79.9. The van der Waals surface area contributed by atoms with E-state index in [1.54, 1.807) is 4.31 Å². The molecule has 3 nitrogen and oxygen atoms in total. The third-order valence-corrected chi connectivity index (χ3v) is 5.70. The number of hydrogen-bond acceptors (Lipinski definition) is 3. The van der Waals surface area contributed by atoms with Crippen LogP contribution in [0.4, 0.5) is 5.69 Å². The Hall–Kier alpha value is -1.46. The van der Waals surface area contributed by atoms with E-state index in [9.17, 15) is 4.79 Å². The van der Waals surface area contributed by atoms with Crippen LogP contribution in [0.15, 0.2) is 53.4 Å². The number of unbranched alkanes of at least 4 members (excludes halogenated alkanes) is 1. The fraction of sp³-hybridized carbons (Fsp3) is 0.316. The van der Waals surface area contributed by atoms with Crippen LogP contribution in [-0.4, -0.2) is 17.8 Å². The maximum Gasteiger partial charge on any atom is 0.244 e. The highest BCUT2D eigenvalue weighted by Gasteiger charge is 2.33. The number of anilines is 1. The minimum absolute atomic E-state index is 0.0928. The first-order chi connectivity index (χ1) is 11.7. The molecule has 1 aliphatic heterocycles. The number of amides is 1. The van der Waals surface area contributed by atoms with E-state index >= 15 is 0 Å². The number of rotatable bonds is 6. The Morgan fingerprint density at radius 3 is 2.71 bits per heavy atom. The molecule has 0 N–H and O–H groups in total. The Morgan fingerprint density at radius 2 is 1.88 bits per heavy atom. The second-order valence-corrected chi connectivity index (χ2v) is 7.48. The fourth-order valence-electron chi connectivity index (χ4n) is 2.67. The van der Waals surface area contributed by atoms with Crippen LogP contribution in [0, 0.1) is 0 Å². The SMILES string of the molecule is CC1C(=O)N(c2ccccc2OCCCCBr)Sc2ccccc21. The third kappa shape index (κ3) is 3.62. The maximum absolute atomic E-state index is 12.9. The Kier molecular flexibility index (Phi) is 5.85. The molecule has 0 aromatic heterocycles. The van der Waals surface area contributed by atoms with Gasteiger partial charge in [0.15, 0.2) is 0 Å². The summed E-state index contributed by atoms with van der Waals surface area (Å²) in [4.78, 5) is 14.0. The van der Waals surface area contributed by atoms with Gasteiger partial charge >= 0.3 is 0 Å². The summed E-state index contributed by atoms with van der Waals surface area (Å²) in [5.41, 5.74) is 1.92. The van der Waals surface area contributed by atoms with Gasteiger partial charge in [-0.1, -0.05) is 46.3 Å². The molecule has 126 valence electrons. The first-order valence-corrected chi connectivity index (χ1v) is 10.0. The average Bonchev–Trinajstić information content (AvgIpc) is 2.62. The first kappa shape index (κ1) is 17.4. The molecule has 0 spiro atoms. The van der Waals surface area contributed by atoms with Crippen LogP contribution in [0.3, 0.4) is 0 Å². The number of halogens is 1. The Balaban J connectivity index is 1.85. The normalized spacial score (nSPS) is 16.8. The Bertz CT molecular complexity index is 722. The van der Waals surface area contributed by atoms with Crippen LogP contribution in [-0.2, 0) is 4.79 Å². The summed E-state index contributed by atoms with van der Waals surface area (Å²) in [6, 6.07) is 15.9. The van der Waals surface area contributed by atoms with E-state index in [0.29, 0.717) is 6.61 Å². The molecule has 2 aromatic carbocycles. The lowest BCUT2D eigenvalue weighted by molar-refractivity contribution is -0.118. The van der Waals surface area contributed by atoms with E-state index in [1.165, 1.54) is 11.9 Å². The molecule has 1 unspecified atom stereocenters. The molecule has 0 saturated carbocycles. The van der Waals surface area contributed by atoms with E-state index in [0.717, 1.165) is 40.1 Å². The van der Waals surface area contributed by atoms with Gasteiger partial charge in [-0.25, -0.2) is 4.31 Å². The lowest BCUT2D eigenvalue weighted by Crippen LogP contribution is -2.32. The number of fused-ring (bicyclic) bond motifs is 1. The van der Waals surface area contributed by atoms with Gasteiger partial charge in [-0.3, -0.25) is 4.79 Å². The molecule has 0 bridgehead atoms. The predicted octanol–water partition coefficient (Wildman–Crippen LogP) is 5.40. The molecule has 0 aliphatic carbocycles. The van der Waals surface area contributed by atoms with E-state index < -0.39 is 0 Å². The highest BCUT2D eigenvalue weighted by molar-refractivity contribution is 9.09.